The molecule has 2 aromatic carbocycles. The Labute approximate surface area is 132 Å². The molecule has 0 saturated heterocycles. The van der Waals surface area contributed by atoms with Gasteiger partial charge in [-0.3, -0.25) is 0 Å². The van der Waals surface area contributed by atoms with E-state index in [4.69, 9.17) is 14.2 Å². The van der Waals surface area contributed by atoms with Crippen molar-refractivity contribution in [1.82, 2.24) is 5.32 Å². The minimum absolute atomic E-state index is 0.268. The van der Waals surface area contributed by atoms with Gasteiger partial charge < -0.3 is 19.5 Å². The summed E-state index contributed by atoms with van der Waals surface area (Å²) in [5.74, 6) is 2.33. The van der Waals surface area contributed by atoms with Crippen LogP contribution in [0, 0.1) is 0 Å². The van der Waals surface area contributed by atoms with Crippen molar-refractivity contribution < 1.29 is 14.2 Å². The zero-order chi connectivity index (χ0) is 14.7. The molecule has 3 rings (SSSR count). The molecular formula is C16H16BrNO3. The first-order valence-corrected chi connectivity index (χ1v) is 7.50. The van der Waals surface area contributed by atoms with Crippen molar-refractivity contribution in [3.8, 4) is 17.2 Å². The molecule has 0 atom stereocenters. The van der Waals surface area contributed by atoms with Crippen molar-refractivity contribution in [2.45, 2.75) is 13.2 Å². The summed E-state index contributed by atoms with van der Waals surface area (Å²) in [5.41, 5.74) is 2.17. The molecule has 2 aromatic rings. The maximum atomic E-state index is 5.95. The number of halogens is 1. The van der Waals surface area contributed by atoms with Crippen molar-refractivity contribution in [1.29, 1.82) is 0 Å². The van der Waals surface area contributed by atoms with Crippen LogP contribution in [0.15, 0.2) is 40.9 Å². The van der Waals surface area contributed by atoms with Crippen LogP contribution in [-0.4, -0.2) is 13.8 Å². The Morgan fingerprint density at radius 1 is 1.14 bits per heavy atom. The summed E-state index contributed by atoms with van der Waals surface area (Å²) in [4.78, 5) is 0. The molecule has 0 saturated carbocycles. The van der Waals surface area contributed by atoms with Gasteiger partial charge in [-0.2, -0.15) is 0 Å². The monoisotopic (exact) mass is 349 g/mol. The number of benzene rings is 2. The van der Waals surface area contributed by atoms with Crippen LogP contribution in [0.1, 0.15) is 11.1 Å². The van der Waals surface area contributed by atoms with Crippen molar-refractivity contribution >= 4 is 15.9 Å². The summed E-state index contributed by atoms with van der Waals surface area (Å²) in [6.45, 7) is 1.50. The molecule has 0 amide bonds. The van der Waals surface area contributed by atoms with Crippen LogP contribution in [0.2, 0.25) is 0 Å². The summed E-state index contributed by atoms with van der Waals surface area (Å²) < 4.78 is 17.8. The van der Waals surface area contributed by atoms with Crippen LogP contribution in [0.25, 0.3) is 0 Å². The van der Waals surface area contributed by atoms with E-state index in [1.807, 2.05) is 43.4 Å². The minimum Gasteiger partial charge on any atom is -0.488 e. The number of nitrogens with one attached hydrogen (secondary N) is 1. The van der Waals surface area contributed by atoms with Gasteiger partial charge in [0.25, 0.3) is 0 Å². The van der Waals surface area contributed by atoms with Gasteiger partial charge in [-0.1, -0.05) is 28.1 Å². The Kier molecular flexibility index (Phi) is 4.31. The quantitative estimate of drug-likeness (QED) is 0.896. The van der Waals surface area contributed by atoms with E-state index in [-0.39, 0.29) is 6.79 Å². The maximum absolute atomic E-state index is 5.95. The van der Waals surface area contributed by atoms with E-state index in [0.29, 0.717) is 13.2 Å². The van der Waals surface area contributed by atoms with Crippen LogP contribution in [0.4, 0.5) is 0 Å². The Balaban J connectivity index is 1.78. The molecule has 1 N–H and O–H groups in total. The minimum atomic E-state index is 0.268. The summed E-state index contributed by atoms with van der Waals surface area (Å²) >= 11 is 3.43. The normalized spacial score (nSPS) is 12.5. The SMILES string of the molecule is CNCc1cc2c(cc1OCc1ccc(Br)cc1)OCO2. The molecule has 4 nitrogen and oxygen atoms in total. The Bertz CT molecular complexity index is 628. The lowest BCUT2D eigenvalue weighted by Crippen LogP contribution is -2.07. The van der Waals surface area contributed by atoms with Gasteiger partial charge in [0.05, 0.1) is 0 Å². The largest absolute Gasteiger partial charge is 0.488 e. The van der Waals surface area contributed by atoms with E-state index in [1.165, 1.54) is 0 Å². The van der Waals surface area contributed by atoms with Gasteiger partial charge in [0.1, 0.15) is 12.4 Å². The molecule has 1 aliphatic heterocycles. The van der Waals surface area contributed by atoms with Crippen molar-refractivity contribution in [2.75, 3.05) is 13.8 Å². The number of hydrogen-bond donors (Lipinski definition) is 1. The molecule has 1 heterocycles. The molecule has 0 aliphatic carbocycles. The highest BCUT2D eigenvalue weighted by atomic mass is 79.9. The third-order valence-electron chi connectivity index (χ3n) is 3.23. The highest BCUT2D eigenvalue weighted by Crippen LogP contribution is 2.38. The molecule has 0 spiro atoms. The van der Waals surface area contributed by atoms with Crippen LogP contribution >= 0.6 is 15.9 Å². The lowest BCUT2D eigenvalue weighted by Gasteiger charge is -2.12. The van der Waals surface area contributed by atoms with Crippen molar-refractivity contribution in [2.24, 2.45) is 0 Å². The molecule has 21 heavy (non-hydrogen) atoms. The average Bonchev–Trinajstić information content (AvgIpc) is 2.94. The molecule has 0 aromatic heterocycles. The molecule has 0 radical (unpaired) electrons. The van der Waals surface area contributed by atoms with Gasteiger partial charge in [0, 0.05) is 22.6 Å². The van der Waals surface area contributed by atoms with Crippen LogP contribution in [-0.2, 0) is 13.2 Å². The number of ether oxygens (including phenoxy) is 3. The van der Waals surface area contributed by atoms with E-state index in [0.717, 1.165) is 32.8 Å². The van der Waals surface area contributed by atoms with Gasteiger partial charge in [-0.25, -0.2) is 0 Å². The Hall–Kier alpha value is -1.72. The smallest absolute Gasteiger partial charge is 0.231 e. The van der Waals surface area contributed by atoms with Crippen LogP contribution in [0.3, 0.4) is 0 Å². The third kappa shape index (κ3) is 3.31. The molecule has 0 fully saturated rings. The first-order valence-electron chi connectivity index (χ1n) is 6.70. The van der Waals surface area contributed by atoms with Crippen LogP contribution < -0.4 is 19.5 Å². The number of fused-ring (bicyclic) bond motifs is 1. The van der Waals surface area contributed by atoms with Gasteiger partial charge >= 0.3 is 0 Å². The fourth-order valence-corrected chi connectivity index (χ4v) is 2.43. The molecule has 5 heteroatoms. The van der Waals surface area contributed by atoms with Crippen molar-refractivity contribution in [3.63, 3.8) is 0 Å². The van der Waals surface area contributed by atoms with Gasteiger partial charge in [-0.15, -0.1) is 0 Å². The molecular weight excluding hydrogens is 334 g/mol. The summed E-state index contributed by atoms with van der Waals surface area (Å²) in [6.07, 6.45) is 0. The van der Waals surface area contributed by atoms with Crippen molar-refractivity contribution in [3.05, 3.63) is 52.0 Å². The third-order valence-corrected chi connectivity index (χ3v) is 3.76. The predicted octanol–water partition coefficient (Wildman–Crippen LogP) is 3.48. The van der Waals surface area contributed by atoms with Gasteiger partial charge in [0.2, 0.25) is 6.79 Å². The molecule has 0 unspecified atom stereocenters. The predicted molar refractivity (Wildman–Crippen MR) is 83.8 cm³/mol. The summed E-state index contributed by atoms with van der Waals surface area (Å²) in [5, 5.41) is 3.14. The standard InChI is InChI=1S/C16H16BrNO3/c1-18-8-12-6-15-16(21-10-20-15)7-14(12)19-9-11-2-4-13(17)5-3-11/h2-7,18H,8-10H2,1H3. The highest BCUT2D eigenvalue weighted by Gasteiger charge is 2.17. The number of hydrogen-bond acceptors (Lipinski definition) is 4. The Morgan fingerprint density at radius 2 is 1.86 bits per heavy atom. The zero-order valence-electron chi connectivity index (χ0n) is 11.7. The van der Waals surface area contributed by atoms with Gasteiger partial charge in [0.15, 0.2) is 11.5 Å². The van der Waals surface area contributed by atoms with E-state index in [9.17, 15) is 0 Å². The Morgan fingerprint density at radius 3 is 2.57 bits per heavy atom. The second-order valence-corrected chi connectivity index (χ2v) is 5.67. The lowest BCUT2D eigenvalue weighted by molar-refractivity contribution is 0.173. The maximum Gasteiger partial charge on any atom is 0.231 e. The summed E-state index contributed by atoms with van der Waals surface area (Å²) in [6, 6.07) is 12.0. The first kappa shape index (κ1) is 14.2. The van der Waals surface area contributed by atoms with Gasteiger partial charge in [-0.05, 0) is 30.8 Å². The lowest BCUT2D eigenvalue weighted by atomic mass is 10.1. The van der Waals surface area contributed by atoms with Crippen LogP contribution in [0.5, 0.6) is 17.2 Å². The molecule has 0 bridgehead atoms. The van der Waals surface area contributed by atoms with E-state index in [2.05, 4.69) is 21.2 Å². The van der Waals surface area contributed by atoms with E-state index < -0.39 is 0 Å². The van der Waals surface area contributed by atoms with E-state index >= 15 is 0 Å². The number of rotatable bonds is 5. The first-order chi connectivity index (χ1) is 10.3. The average molecular weight is 350 g/mol. The highest BCUT2D eigenvalue weighted by molar-refractivity contribution is 9.10. The molecule has 110 valence electrons. The molecule has 1 aliphatic rings. The second-order valence-electron chi connectivity index (χ2n) is 4.76. The fourth-order valence-electron chi connectivity index (χ4n) is 2.17. The second kappa shape index (κ2) is 6.37. The summed E-state index contributed by atoms with van der Waals surface area (Å²) in [7, 11) is 1.91. The topological polar surface area (TPSA) is 39.7 Å². The van der Waals surface area contributed by atoms with E-state index in [1.54, 1.807) is 0 Å². The fraction of sp³-hybridized carbons (Fsp3) is 0.250. The zero-order valence-corrected chi connectivity index (χ0v) is 13.3.